The molecule has 0 saturated carbocycles. The molecule has 1 aromatic heterocycles. The van der Waals surface area contributed by atoms with Gasteiger partial charge < -0.3 is 19.3 Å². The van der Waals surface area contributed by atoms with Crippen LogP contribution < -0.4 is 25.5 Å². The Morgan fingerprint density at radius 2 is 1.68 bits per heavy atom. The van der Waals surface area contributed by atoms with Crippen molar-refractivity contribution in [1.29, 1.82) is 0 Å². The molecule has 11 heteroatoms. The zero-order chi connectivity index (χ0) is 24.6. The second kappa shape index (κ2) is 9.14. The van der Waals surface area contributed by atoms with Crippen LogP contribution in [0, 0.1) is 0 Å². The number of nitrogens with one attached hydrogen (secondary N) is 1. The normalized spacial score (nSPS) is 15.3. The highest BCUT2D eigenvalue weighted by molar-refractivity contribution is 6.30. The lowest BCUT2D eigenvalue weighted by atomic mass is 9.98. The average Bonchev–Trinajstić information content (AvgIpc) is 3.19. The van der Waals surface area contributed by atoms with E-state index in [1.54, 1.807) is 48.5 Å². The van der Waals surface area contributed by atoms with Crippen molar-refractivity contribution >= 4 is 17.3 Å². The van der Waals surface area contributed by atoms with E-state index in [4.69, 9.17) is 25.8 Å². The van der Waals surface area contributed by atoms with Crippen LogP contribution in [0.2, 0.25) is 5.02 Å². The number of rotatable bonds is 6. The van der Waals surface area contributed by atoms with Gasteiger partial charge in [0.15, 0.2) is 11.5 Å². The van der Waals surface area contributed by atoms with Gasteiger partial charge in [-0.2, -0.15) is 5.10 Å². The molecule has 178 valence electrons. The van der Waals surface area contributed by atoms with Gasteiger partial charge in [-0.05, 0) is 42.0 Å². The minimum absolute atomic E-state index is 0.0867. The molecular formula is C23H23ClN4O6. The fourth-order valence-electron chi connectivity index (χ4n) is 4.01. The minimum atomic E-state index is -0.776. The van der Waals surface area contributed by atoms with E-state index in [0.29, 0.717) is 33.7 Å². The summed E-state index contributed by atoms with van der Waals surface area (Å²) in [7, 11) is 6.33. The number of hydrogen-bond acceptors (Lipinski definition) is 8. The molecule has 0 bridgehead atoms. The van der Waals surface area contributed by atoms with E-state index in [1.807, 2.05) is 0 Å². The fourth-order valence-corrected chi connectivity index (χ4v) is 4.14. The van der Waals surface area contributed by atoms with E-state index in [1.165, 1.54) is 21.3 Å². The molecule has 0 amide bonds. The van der Waals surface area contributed by atoms with Crippen LogP contribution in [-0.2, 0) is 0 Å². The maximum atomic E-state index is 12.7. The molecule has 3 aromatic rings. The summed E-state index contributed by atoms with van der Waals surface area (Å²) < 4.78 is 17.3. The van der Waals surface area contributed by atoms with Gasteiger partial charge in [0.1, 0.15) is 5.56 Å². The van der Waals surface area contributed by atoms with Crippen LogP contribution in [0.3, 0.4) is 0 Å². The maximum absolute atomic E-state index is 12.7. The quantitative estimate of drug-likeness (QED) is 0.550. The van der Waals surface area contributed by atoms with E-state index in [0.717, 1.165) is 10.1 Å². The summed E-state index contributed by atoms with van der Waals surface area (Å²) in [6.07, 6.45) is 0.282. The van der Waals surface area contributed by atoms with Crippen LogP contribution in [0.1, 0.15) is 23.6 Å². The number of benzene rings is 2. The van der Waals surface area contributed by atoms with Crippen LogP contribution in [0.5, 0.6) is 23.1 Å². The van der Waals surface area contributed by atoms with Gasteiger partial charge in [-0.1, -0.05) is 11.6 Å². The van der Waals surface area contributed by atoms with Gasteiger partial charge in [0.05, 0.1) is 38.8 Å². The van der Waals surface area contributed by atoms with Crippen molar-refractivity contribution in [3.05, 3.63) is 73.4 Å². The molecule has 0 aliphatic carbocycles. The number of aromatic hydroxyl groups is 1. The van der Waals surface area contributed by atoms with E-state index in [9.17, 15) is 14.7 Å². The standard InChI is InChI=1S/C23H23ClN4O6/c1-27-16(12-9-17(32-2)20(34-4)18(10-12)33-3)11-15(26-27)19-21(29)25-23(31)28(22(19)30)14-7-5-13(24)6-8-14/h5-10,16,30H,11H2,1-4H3,(H,25,29,31). The van der Waals surface area contributed by atoms with Crippen molar-refractivity contribution in [2.75, 3.05) is 28.4 Å². The second-order valence-electron chi connectivity index (χ2n) is 7.57. The Labute approximate surface area is 199 Å². The molecule has 34 heavy (non-hydrogen) atoms. The average molecular weight is 487 g/mol. The Morgan fingerprint density at radius 3 is 2.24 bits per heavy atom. The van der Waals surface area contributed by atoms with Crippen LogP contribution in [0.25, 0.3) is 5.69 Å². The van der Waals surface area contributed by atoms with Gasteiger partial charge in [-0.3, -0.25) is 14.8 Å². The minimum Gasteiger partial charge on any atom is -0.493 e. The number of aromatic amines is 1. The molecule has 0 fully saturated rings. The van der Waals surface area contributed by atoms with Gasteiger partial charge in [0, 0.05) is 18.5 Å². The molecule has 1 atom stereocenters. The lowest BCUT2D eigenvalue weighted by Crippen LogP contribution is -2.33. The van der Waals surface area contributed by atoms with Crippen molar-refractivity contribution in [1.82, 2.24) is 14.6 Å². The first-order chi connectivity index (χ1) is 16.3. The van der Waals surface area contributed by atoms with Gasteiger partial charge in [-0.25, -0.2) is 9.36 Å². The van der Waals surface area contributed by atoms with Crippen molar-refractivity contribution in [3.63, 3.8) is 0 Å². The molecule has 0 saturated heterocycles. The van der Waals surface area contributed by atoms with Gasteiger partial charge in [0.25, 0.3) is 5.56 Å². The number of aromatic nitrogens is 2. The molecule has 0 spiro atoms. The molecule has 4 rings (SSSR count). The summed E-state index contributed by atoms with van der Waals surface area (Å²) in [5.41, 5.74) is -0.124. The Kier molecular flexibility index (Phi) is 6.25. The SMILES string of the molecule is COc1cc(C2CC(c3c(O)n(-c4ccc(Cl)cc4)c(=O)[nH]c3=O)=NN2C)cc(OC)c1OC. The van der Waals surface area contributed by atoms with E-state index in [-0.39, 0.29) is 18.0 Å². The van der Waals surface area contributed by atoms with Gasteiger partial charge in [0.2, 0.25) is 11.6 Å². The zero-order valence-electron chi connectivity index (χ0n) is 19.0. The first kappa shape index (κ1) is 23.2. The molecule has 1 aliphatic rings. The highest BCUT2D eigenvalue weighted by Crippen LogP contribution is 2.42. The Morgan fingerprint density at radius 1 is 1.06 bits per heavy atom. The van der Waals surface area contributed by atoms with Crippen molar-refractivity contribution in [2.45, 2.75) is 12.5 Å². The summed E-state index contributed by atoms with van der Waals surface area (Å²) in [4.78, 5) is 27.5. The molecule has 10 nitrogen and oxygen atoms in total. The van der Waals surface area contributed by atoms with Gasteiger partial charge in [-0.15, -0.1) is 0 Å². The number of hydrazone groups is 1. The van der Waals surface area contributed by atoms with E-state index in [2.05, 4.69) is 10.1 Å². The number of H-pyrrole nitrogens is 1. The lowest BCUT2D eigenvalue weighted by Gasteiger charge is -2.21. The van der Waals surface area contributed by atoms with Crippen LogP contribution >= 0.6 is 11.6 Å². The number of methoxy groups -OCH3 is 3. The Hall–Kier alpha value is -3.92. The van der Waals surface area contributed by atoms with Crippen molar-refractivity contribution in [3.8, 4) is 28.8 Å². The third kappa shape index (κ3) is 3.96. The maximum Gasteiger partial charge on any atom is 0.335 e. The van der Waals surface area contributed by atoms with Crippen LogP contribution in [0.4, 0.5) is 0 Å². The first-order valence-corrected chi connectivity index (χ1v) is 10.6. The van der Waals surface area contributed by atoms with Crippen LogP contribution in [0.15, 0.2) is 51.1 Å². The first-order valence-electron chi connectivity index (χ1n) is 10.2. The number of ether oxygens (including phenoxy) is 3. The molecule has 1 aliphatic heterocycles. The summed E-state index contributed by atoms with van der Waals surface area (Å²) in [5, 5.41) is 17.6. The molecule has 1 unspecified atom stereocenters. The third-order valence-corrected chi connectivity index (χ3v) is 5.90. The Balaban J connectivity index is 1.77. The predicted octanol–water partition coefficient (Wildman–Crippen LogP) is 2.69. The summed E-state index contributed by atoms with van der Waals surface area (Å²) in [6.45, 7) is 0. The molecule has 2 aromatic carbocycles. The number of hydrogen-bond donors (Lipinski definition) is 2. The Bertz CT molecular complexity index is 1350. The summed E-state index contributed by atoms with van der Waals surface area (Å²) in [6, 6.07) is 9.60. The highest BCUT2D eigenvalue weighted by atomic mass is 35.5. The predicted molar refractivity (Wildman–Crippen MR) is 127 cm³/mol. The van der Waals surface area contributed by atoms with E-state index < -0.39 is 17.1 Å². The molecular weight excluding hydrogens is 464 g/mol. The number of nitrogens with zero attached hydrogens (tertiary/aromatic N) is 3. The zero-order valence-corrected chi connectivity index (χ0v) is 19.7. The number of halogens is 1. The largest absolute Gasteiger partial charge is 0.493 e. The van der Waals surface area contributed by atoms with Crippen molar-refractivity contribution in [2.24, 2.45) is 5.10 Å². The lowest BCUT2D eigenvalue weighted by molar-refractivity contribution is 0.284. The van der Waals surface area contributed by atoms with E-state index >= 15 is 0 Å². The smallest absolute Gasteiger partial charge is 0.335 e. The highest BCUT2D eigenvalue weighted by Gasteiger charge is 2.32. The third-order valence-electron chi connectivity index (χ3n) is 5.65. The molecule has 2 N–H and O–H groups in total. The topological polar surface area (TPSA) is 118 Å². The van der Waals surface area contributed by atoms with Crippen molar-refractivity contribution < 1.29 is 19.3 Å². The summed E-state index contributed by atoms with van der Waals surface area (Å²) >= 11 is 5.93. The fraction of sp³-hybridized carbons (Fsp3) is 0.261. The second-order valence-corrected chi connectivity index (χ2v) is 8.01. The monoisotopic (exact) mass is 486 g/mol. The van der Waals surface area contributed by atoms with Gasteiger partial charge >= 0.3 is 5.69 Å². The molecule has 2 heterocycles. The summed E-state index contributed by atoms with van der Waals surface area (Å²) in [5.74, 6) is 0.916. The van der Waals surface area contributed by atoms with Crippen LogP contribution in [-0.4, -0.2) is 53.8 Å². The molecule has 0 radical (unpaired) electrons.